The number of fused-ring (bicyclic) bond motifs is 1. The number of aromatic nitrogens is 2. The van der Waals surface area contributed by atoms with Crippen LogP contribution in [0.5, 0.6) is 0 Å². The molecule has 1 aromatic carbocycles. The lowest BCUT2D eigenvalue weighted by Crippen LogP contribution is -2.32. The Labute approximate surface area is 146 Å². The fourth-order valence-electron chi connectivity index (χ4n) is 2.77. The Hall–Kier alpha value is -2.79. The zero-order valence-corrected chi connectivity index (χ0v) is 14.1. The number of benzene rings is 1. The highest BCUT2D eigenvalue weighted by atomic mass is 16.3. The first-order valence-electron chi connectivity index (χ1n) is 8.45. The summed E-state index contributed by atoms with van der Waals surface area (Å²) in [6, 6.07) is 13.1. The van der Waals surface area contributed by atoms with Crippen LogP contribution in [0.25, 0.3) is 22.2 Å². The van der Waals surface area contributed by atoms with Crippen molar-refractivity contribution in [3.63, 3.8) is 0 Å². The molecule has 0 radical (unpaired) electrons. The first-order valence-corrected chi connectivity index (χ1v) is 8.45. The second kappa shape index (κ2) is 7.85. The number of pyridine rings is 2. The second-order valence-corrected chi connectivity index (χ2v) is 5.97. The highest BCUT2D eigenvalue weighted by Gasteiger charge is 2.15. The van der Waals surface area contributed by atoms with Crippen molar-refractivity contribution in [1.82, 2.24) is 15.3 Å². The van der Waals surface area contributed by atoms with E-state index in [-0.39, 0.29) is 12.5 Å². The van der Waals surface area contributed by atoms with Crippen molar-refractivity contribution in [3.05, 3.63) is 60.4 Å². The minimum absolute atomic E-state index is 0.209. The van der Waals surface area contributed by atoms with Gasteiger partial charge in [-0.3, -0.25) is 9.78 Å². The molecule has 2 heterocycles. The number of amides is 1. The smallest absolute Gasteiger partial charge is 0.252 e. The van der Waals surface area contributed by atoms with Gasteiger partial charge in [-0.15, -0.1) is 0 Å². The van der Waals surface area contributed by atoms with E-state index in [2.05, 4.69) is 15.3 Å². The second-order valence-electron chi connectivity index (χ2n) is 5.97. The maximum absolute atomic E-state index is 12.7. The van der Waals surface area contributed by atoms with E-state index in [9.17, 15) is 9.90 Å². The van der Waals surface area contributed by atoms with E-state index in [1.807, 2.05) is 43.3 Å². The molecule has 0 saturated carbocycles. The Balaban J connectivity index is 1.97. The molecular formula is C20H21N3O2. The number of carbonyl (C=O) groups excluding carboxylic acids is 1. The van der Waals surface area contributed by atoms with Crippen LogP contribution in [0.3, 0.4) is 0 Å². The van der Waals surface area contributed by atoms with Crippen molar-refractivity contribution >= 4 is 16.8 Å². The summed E-state index contributed by atoms with van der Waals surface area (Å²) < 4.78 is 0. The third kappa shape index (κ3) is 4.00. The zero-order valence-electron chi connectivity index (χ0n) is 14.1. The lowest BCUT2D eigenvalue weighted by Gasteiger charge is -2.13. The van der Waals surface area contributed by atoms with E-state index in [1.54, 1.807) is 18.5 Å². The molecule has 1 amide bonds. The number of carbonyl (C=O) groups is 1. The van der Waals surface area contributed by atoms with E-state index in [0.717, 1.165) is 22.9 Å². The van der Waals surface area contributed by atoms with Gasteiger partial charge in [0.25, 0.3) is 5.91 Å². The highest BCUT2D eigenvalue weighted by Crippen LogP contribution is 2.24. The molecule has 0 fully saturated rings. The summed E-state index contributed by atoms with van der Waals surface area (Å²) in [7, 11) is 0. The van der Waals surface area contributed by atoms with Crippen LogP contribution in [0.1, 0.15) is 30.1 Å². The molecule has 0 aliphatic carbocycles. The number of aliphatic hydroxyl groups excluding tert-OH is 1. The van der Waals surface area contributed by atoms with Crippen LogP contribution >= 0.6 is 0 Å². The molecule has 2 N–H and O–H groups in total. The minimum Gasteiger partial charge on any atom is -0.391 e. The highest BCUT2D eigenvalue weighted by molar-refractivity contribution is 6.07. The van der Waals surface area contributed by atoms with Gasteiger partial charge in [-0.05, 0) is 30.7 Å². The molecule has 5 nitrogen and oxygen atoms in total. The molecule has 128 valence electrons. The fourth-order valence-corrected chi connectivity index (χ4v) is 2.77. The van der Waals surface area contributed by atoms with Gasteiger partial charge in [0.15, 0.2) is 0 Å². The Bertz CT molecular complexity index is 865. The third-order valence-electron chi connectivity index (χ3n) is 4.04. The van der Waals surface area contributed by atoms with Gasteiger partial charge in [0.2, 0.25) is 0 Å². The maximum atomic E-state index is 12.7. The van der Waals surface area contributed by atoms with E-state index < -0.39 is 6.10 Å². The van der Waals surface area contributed by atoms with E-state index in [4.69, 9.17) is 0 Å². The molecule has 0 saturated heterocycles. The van der Waals surface area contributed by atoms with Gasteiger partial charge in [0.05, 0.1) is 22.9 Å². The lowest BCUT2D eigenvalue weighted by molar-refractivity contribution is 0.0911. The number of hydrogen-bond donors (Lipinski definition) is 2. The number of rotatable bonds is 6. The summed E-state index contributed by atoms with van der Waals surface area (Å²) >= 11 is 0. The molecule has 0 spiro atoms. The van der Waals surface area contributed by atoms with E-state index >= 15 is 0 Å². The van der Waals surface area contributed by atoms with E-state index in [0.29, 0.717) is 17.7 Å². The monoisotopic (exact) mass is 335 g/mol. The van der Waals surface area contributed by atoms with Gasteiger partial charge >= 0.3 is 0 Å². The largest absolute Gasteiger partial charge is 0.391 e. The van der Waals surface area contributed by atoms with Crippen molar-refractivity contribution in [2.45, 2.75) is 25.9 Å². The Kier molecular flexibility index (Phi) is 5.36. The van der Waals surface area contributed by atoms with Gasteiger partial charge in [-0.2, -0.15) is 0 Å². The average molecular weight is 335 g/mol. The normalized spacial score (nSPS) is 12.1. The van der Waals surface area contributed by atoms with Crippen molar-refractivity contribution in [2.75, 3.05) is 6.54 Å². The topological polar surface area (TPSA) is 75.1 Å². The SMILES string of the molecule is CCCC(O)CNC(=O)c1cc(-c2cccnc2)nc2ccccc12. The third-order valence-corrected chi connectivity index (χ3v) is 4.04. The van der Waals surface area contributed by atoms with E-state index in [1.165, 1.54) is 0 Å². The van der Waals surface area contributed by atoms with Crippen molar-refractivity contribution < 1.29 is 9.90 Å². The molecule has 1 unspecified atom stereocenters. The quantitative estimate of drug-likeness (QED) is 0.725. The van der Waals surface area contributed by atoms with Crippen molar-refractivity contribution in [1.29, 1.82) is 0 Å². The zero-order chi connectivity index (χ0) is 17.6. The van der Waals surface area contributed by atoms with Crippen LogP contribution in [0, 0.1) is 0 Å². The Morgan fingerprint density at radius 3 is 2.84 bits per heavy atom. The summed E-state index contributed by atoms with van der Waals surface area (Å²) in [6.45, 7) is 2.24. The van der Waals surface area contributed by atoms with Crippen LogP contribution < -0.4 is 5.32 Å². The molecule has 25 heavy (non-hydrogen) atoms. The number of nitrogens with one attached hydrogen (secondary N) is 1. The predicted molar refractivity (Wildman–Crippen MR) is 98.2 cm³/mol. The van der Waals surface area contributed by atoms with Gasteiger partial charge in [-0.25, -0.2) is 4.98 Å². The standard InChI is InChI=1S/C20H21N3O2/c1-2-6-15(24)13-22-20(25)17-11-19(14-7-5-10-21-12-14)23-18-9-4-3-8-16(17)18/h3-5,7-12,15,24H,2,6,13H2,1H3,(H,22,25). The summed E-state index contributed by atoms with van der Waals surface area (Å²) in [5.74, 6) is -0.209. The maximum Gasteiger partial charge on any atom is 0.252 e. The van der Waals surface area contributed by atoms with Gasteiger partial charge in [0.1, 0.15) is 0 Å². The number of aliphatic hydroxyl groups is 1. The van der Waals surface area contributed by atoms with Gasteiger partial charge < -0.3 is 10.4 Å². The molecule has 1 atom stereocenters. The van der Waals surface area contributed by atoms with Crippen LogP contribution in [0.4, 0.5) is 0 Å². The van der Waals surface area contributed by atoms with Crippen LogP contribution in [-0.4, -0.2) is 33.6 Å². The number of nitrogens with zero attached hydrogens (tertiary/aromatic N) is 2. The van der Waals surface area contributed by atoms with Gasteiger partial charge in [-0.1, -0.05) is 31.5 Å². The van der Waals surface area contributed by atoms with Crippen molar-refractivity contribution in [3.8, 4) is 11.3 Å². The molecule has 0 aliphatic rings. The lowest BCUT2D eigenvalue weighted by atomic mass is 10.0. The molecular weight excluding hydrogens is 314 g/mol. The fraction of sp³-hybridized carbons (Fsp3) is 0.250. The Morgan fingerprint density at radius 2 is 2.08 bits per heavy atom. The summed E-state index contributed by atoms with van der Waals surface area (Å²) in [4.78, 5) is 21.5. The molecule has 3 aromatic rings. The van der Waals surface area contributed by atoms with Crippen LogP contribution in [0.2, 0.25) is 0 Å². The molecule has 0 bridgehead atoms. The minimum atomic E-state index is -0.528. The first-order chi connectivity index (χ1) is 12.2. The van der Waals surface area contributed by atoms with Gasteiger partial charge in [0, 0.05) is 29.9 Å². The summed E-state index contributed by atoms with van der Waals surface area (Å²) in [6.07, 6.45) is 4.44. The number of para-hydroxylation sites is 1. The van der Waals surface area contributed by atoms with Crippen LogP contribution in [0.15, 0.2) is 54.9 Å². The number of hydrogen-bond acceptors (Lipinski definition) is 4. The average Bonchev–Trinajstić information content (AvgIpc) is 2.66. The first kappa shape index (κ1) is 17.0. The molecule has 3 rings (SSSR count). The molecule has 0 aliphatic heterocycles. The summed E-state index contributed by atoms with van der Waals surface area (Å²) in [5.41, 5.74) is 2.86. The molecule has 5 heteroatoms. The summed E-state index contributed by atoms with van der Waals surface area (Å²) in [5, 5.41) is 13.5. The molecule has 2 aromatic heterocycles. The predicted octanol–water partition coefficient (Wildman–Crippen LogP) is 3.19. The Morgan fingerprint density at radius 1 is 1.24 bits per heavy atom. The van der Waals surface area contributed by atoms with Crippen LogP contribution in [-0.2, 0) is 0 Å². The van der Waals surface area contributed by atoms with Crippen molar-refractivity contribution in [2.24, 2.45) is 0 Å².